The molecule has 0 aliphatic heterocycles. The summed E-state index contributed by atoms with van der Waals surface area (Å²) in [6.07, 6.45) is 0. The minimum atomic E-state index is 1.09. The summed E-state index contributed by atoms with van der Waals surface area (Å²) in [5, 5.41) is 7.30. The smallest absolute Gasteiger partial charge is 0.0542 e. The largest absolute Gasteiger partial charge is 0.310 e. The molecule has 0 aliphatic rings. The summed E-state index contributed by atoms with van der Waals surface area (Å²) in [6.45, 7) is 0. The van der Waals surface area contributed by atoms with E-state index in [1.54, 1.807) is 0 Å². The molecule has 13 rings (SSSR count). The molecular formula is C68H47N3. The van der Waals surface area contributed by atoms with Gasteiger partial charge in [-0.25, -0.2) is 0 Å². The van der Waals surface area contributed by atoms with Crippen LogP contribution in [0.25, 0.3) is 82.4 Å². The van der Waals surface area contributed by atoms with Gasteiger partial charge in [-0.3, -0.25) is 0 Å². The van der Waals surface area contributed by atoms with Gasteiger partial charge in [-0.2, -0.15) is 0 Å². The first-order valence-electron chi connectivity index (χ1n) is 24.3. The first-order valence-corrected chi connectivity index (χ1v) is 24.3. The molecule has 0 unspecified atom stereocenters. The van der Waals surface area contributed by atoms with E-state index in [2.05, 4.69) is 299 Å². The van der Waals surface area contributed by atoms with Crippen LogP contribution < -0.4 is 9.80 Å². The lowest BCUT2D eigenvalue weighted by Gasteiger charge is -2.26. The van der Waals surface area contributed by atoms with E-state index in [9.17, 15) is 0 Å². The Bertz CT molecular complexity index is 3720. The molecular weight excluding hydrogens is 859 g/mol. The zero-order valence-corrected chi connectivity index (χ0v) is 39.0. The molecule has 334 valence electrons. The minimum Gasteiger partial charge on any atom is -0.310 e. The number of hydrogen-bond acceptors (Lipinski definition) is 2. The van der Waals surface area contributed by atoms with E-state index in [-0.39, 0.29) is 0 Å². The van der Waals surface area contributed by atoms with Crippen LogP contribution in [0.3, 0.4) is 0 Å². The summed E-state index contributed by atoms with van der Waals surface area (Å²) in [6, 6.07) is 103. The Labute approximate surface area is 414 Å². The van der Waals surface area contributed by atoms with Crippen molar-refractivity contribution in [3.05, 3.63) is 285 Å². The molecule has 1 aromatic heterocycles. The van der Waals surface area contributed by atoms with Crippen molar-refractivity contribution in [1.29, 1.82) is 0 Å². The molecule has 3 heteroatoms. The third kappa shape index (κ3) is 7.49. The van der Waals surface area contributed by atoms with Crippen LogP contribution >= 0.6 is 0 Å². The van der Waals surface area contributed by atoms with Crippen molar-refractivity contribution < 1.29 is 0 Å². The van der Waals surface area contributed by atoms with E-state index in [1.165, 1.54) is 65.7 Å². The Morgan fingerprint density at radius 3 is 0.873 bits per heavy atom. The molecule has 1 heterocycles. The summed E-state index contributed by atoms with van der Waals surface area (Å²) < 4.78 is 2.44. The number of para-hydroxylation sites is 4. The standard InChI is InChI=1S/C68H47N3/c1-6-20-48(21-7-1)49-34-36-50(37-35-49)67-59-30-16-18-32-61(59)68(62-33-19-17-31-60(62)67)51-38-40-56(41-39-51)71-65-44-42-57(69(52-22-8-2-9-23-52)53-24-10-3-11-25-53)46-63(65)64-47-58(43-45-66(64)71)70(54-26-12-4-13-27-54)55-28-14-5-15-29-55/h1-47H. The molecule has 12 aromatic carbocycles. The second kappa shape index (κ2) is 17.9. The van der Waals surface area contributed by atoms with Gasteiger partial charge in [-0.05, 0) is 152 Å². The van der Waals surface area contributed by atoms with Gasteiger partial charge >= 0.3 is 0 Å². The van der Waals surface area contributed by atoms with Crippen LogP contribution in [-0.2, 0) is 0 Å². The van der Waals surface area contributed by atoms with Gasteiger partial charge in [0.05, 0.1) is 11.0 Å². The van der Waals surface area contributed by atoms with Gasteiger partial charge in [0.1, 0.15) is 0 Å². The summed E-state index contributed by atoms with van der Waals surface area (Å²) in [5.74, 6) is 0. The molecule has 3 nitrogen and oxygen atoms in total. The number of anilines is 6. The number of benzene rings is 12. The van der Waals surface area contributed by atoms with Crippen LogP contribution in [-0.4, -0.2) is 4.57 Å². The fourth-order valence-corrected chi connectivity index (χ4v) is 10.7. The molecule has 0 saturated carbocycles. The highest BCUT2D eigenvalue weighted by Crippen LogP contribution is 2.46. The molecule has 0 amide bonds. The normalized spacial score (nSPS) is 11.4. The van der Waals surface area contributed by atoms with Crippen LogP contribution in [0.5, 0.6) is 0 Å². The van der Waals surface area contributed by atoms with E-state index in [1.807, 2.05) is 0 Å². The van der Waals surface area contributed by atoms with Crippen molar-refractivity contribution >= 4 is 77.5 Å². The van der Waals surface area contributed by atoms with Gasteiger partial charge in [0, 0.05) is 50.6 Å². The lowest BCUT2D eigenvalue weighted by atomic mass is 9.85. The Kier molecular flexibility index (Phi) is 10.5. The van der Waals surface area contributed by atoms with Crippen LogP contribution in [0, 0.1) is 0 Å². The summed E-state index contributed by atoms with van der Waals surface area (Å²) in [7, 11) is 0. The van der Waals surface area contributed by atoms with Gasteiger partial charge in [0.2, 0.25) is 0 Å². The van der Waals surface area contributed by atoms with Gasteiger partial charge in [-0.15, -0.1) is 0 Å². The lowest BCUT2D eigenvalue weighted by Crippen LogP contribution is -2.09. The average Bonchev–Trinajstić information content (AvgIpc) is 3.77. The topological polar surface area (TPSA) is 11.4 Å². The Morgan fingerprint density at radius 1 is 0.211 bits per heavy atom. The maximum absolute atomic E-state index is 2.44. The summed E-state index contributed by atoms with van der Waals surface area (Å²) in [4.78, 5) is 4.70. The van der Waals surface area contributed by atoms with Crippen LogP contribution in [0.1, 0.15) is 0 Å². The molecule has 0 N–H and O–H groups in total. The average molecular weight is 906 g/mol. The first-order chi connectivity index (χ1) is 35.2. The molecule has 13 aromatic rings. The molecule has 0 bridgehead atoms. The van der Waals surface area contributed by atoms with Gasteiger partial charge in [-0.1, -0.05) is 188 Å². The van der Waals surface area contributed by atoms with Crippen LogP contribution in [0.15, 0.2) is 285 Å². The molecule has 71 heavy (non-hydrogen) atoms. The predicted octanol–water partition coefficient (Wildman–Crippen LogP) is 19.0. The lowest BCUT2D eigenvalue weighted by molar-refractivity contribution is 1.18. The molecule has 0 atom stereocenters. The second-order valence-corrected chi connectivity index (χ2v) is 18.1. The molecule has 0 aliphatic carbocycles. The van der Waals surface area contributed by atoms with E-state index in [0.717, 1.165) is 50.8 Å². The van der Waals surface area contributed by atoms with E-state index in [0.29, 0.717) is 0 Å². The minimum absolute atomic E-state index is 1.09. The molecule has 0 spiro atoms. The highest BCUT2D eigenvalue weighted by atomic mass is 15.1. The van der Waals surface area contributed by atoms with Crippen molar-refractivity contribution in [1.82, 2.24) is 4.57 Å². The highest BCUT2D eigenvalue weighted by Gasteiger charge is 2.21. The third-order valence-corrected chi connectivity index (χ3v) is 13.9. The predicted molar refractivity (Wildman–Crippen MR) is 301 cm³/mol. The number of nitrogens with zero attached hydrogens (tertiary/aromatic N) is 3. The molecule has 0 radical (unpaired) electrons. The fourth-order valence-electron chi connectivity index (χ4n) is 10.7. The second-order valence-electron chi connectivity index (χ2n) is 18.1. The number of hydrogen-bond donors (Lipinski definition) is 0. The molecule has 0 saturated heterocycles. The van der Waals surface area contributed by atoms with Gasteiger partial charge < -0.3 is 14.4 Å². The quantitative estimate of drug-likeness (QED) is 0.127. The summed E-state index contributed by atoms with van der Waals surface area (Å²) in [5.41, 5.74) is 17.3. The fraction of sp³-hybridized carbons (Fsp3) is 0. The summed E-state index contributed by atoms with van der Waals surface area (Å²) >= 11 is 0. The van der Waals surface area contributed by atoms with Crippen molar-refractivity contribution in [2.45, 2.75) is 0 Å². The van der Waals surface area contributed by atoms with Crippen LogP contribution in [0.2, 0.25) is 0 Å². The number of rotatable bonds is 10. The first kappa shape index (κ1) is 41.7. The highest BCUT2D eigenvalue weighted by molar-refractivity contribution is 6.21. The Balaban J connectivity index is 0.980. The van der Waals surface area contributed by atoms with E-state index in [4.69, 9.17) is 0 Å². The number of fused-ring (bicyclic) bond motifs is 5. The molecule has 0 fully saturated rings. The Morgan fingerprint density at radius 2 is 0.507 bits per heavy atom. The van der Waals surface area contributed by atoms with E-state index < -0.39 is 0 Å². The zero-order valence-electron chi connectivity index (χ0n) is 39.0. The zero-order chi connectivity index (χ0) is 47.1. The van der Waals surface area contributed by atoms with Crippen molar-refractivity contribution in [3.63, 3.8) is 0 Å². The van der Waals surface area contributed by atoms with E-state index >= 15 is 0 Å². The maximum Gasteiger partial charge on any atom is 0.0542 e. The van der Waals surface area contributed by atoms with Crippen molar-refractivity contribution in [3.8, 4) is 39.1 Å². The van der Waals surface area contributed by atoms with Crippen LogP contribution in [0.4, 0.5) is 34.1 Å². The SMILES string of the molecule is c1ccc(-c2ccc(-c3c4ccccc4c(-c4ccc(-n5c6ccc(N(c7ccccc7)c7ccccc7)cc6c6cc(N(c7ccccc7)c7ccccc7)ccc65)cc4)c4ccccc34)cc2)cc1. The third-order valence-electron chi connectivity index (χ3n) is 13.9. The van der Waals surface area contributed by atoms with Gasteiger partial charge in [0.15, 0.2) is 0 Å². The Hall–Kier alpha value is -9.44. The number of aromatic nitrogens is 1. The van der Waals surface area contributed by atoms with Crippen molar-refractivity contribution in [2.24, 2.45) is 0 Å². The maximum atomic E-state index is 2.44. The van der Waals surface area contributed by atoms with Gasteiger partial charge in [0.25, 0.3) is 0 Å². The van der Waals surface area contributed by atoms with Crippen molar-refractivity contribution in [2.75, 3.05) is 9.80 Å². The monoisotopic (exact) mass is 905 g/mol.